The summed E-state index contributed by atoms with van der Waals surface area (Å²) in [5, 5.41) is 8.73. The molecular weight excluding hydrogens is 166 g/mol. The van der Waals surface area contributed by atoms with E-state index in [-0.39, 0.29) is 0 Å². The number of hydrogen-bond acceptors (Lipinski definition) is 2. The molecule has 0 aromatic heterocycles. The Kier molecular flexibility index (Phi) is 2.90. The van der Waals surface area contributed by atoms with Crippen LogP contribution in [0.4, 0.5) is 0 Å². The molecular formula is C10H13NO2. The van der Waals surface area contributed by atoms with Gasteiger partial charge in [-0.2, -0.15) is 0 Å². The predicted molar refractivity (Wildman–Crippen MR) is 51.0 cm³/mol. The van der Waals surface area contributed by atoms with Crippen molar-refractivity contribution in [2.24, 2.45) is 0 Å². The first-order chi connectivity index (χ1) is 6.15. The quantitative estimate of drug-likeness (QED) is 0.717. The molecule has 3 heteroatoms. The molecule has 0 aromatic rings. The summed E-state index contributed by atoms with van der Waals surface area (Å²) in [5.41, 5.74) is 1.15. The van der Waals surface area contributed by atoms with E-state index in [1.165, 1.54) is 0 Å². The second-order valence-electron chi connectivity index (χ2n) is 2.91. The van der Waals surface area contributed by atoms with Gasteiger partial charge in [0, 0.05) is 18.4 Å². The van der Waals surface area contributed by atoms with Crippen molar-refractivity contribution in [3.8, 4) is 0 Å². The number of rotatable bonds is 3. The number of nitrogens with zero attached hydrogens (tertiary/aromatic N) is 1. The van der Waals surface area contributed by atoms with Gasteiger partial charge in [0.05, 0.1) is 5.57 Å². The van der Waals surface area contributed by atoms with Crippen LogP contribution in [0.15, 0.2) is 36.2 Å². The van der Waals surface area contributed by atoms with Gasteiger partial charge in [-0.15, -0.1) is 0 Å². The van der Waals surface area contributed by atoms with Crippen molar-refractivity contribution in [1.82, 2.24) is 4.90 Å². The maximum atomic E-state index is 10.6. The van der Waals surface area contributed by atoms with Gasteiger partial charge in [-0.05, 0) is 18.6 Å². The minimum absolute atomic E-state index is 0.306. The van der Waals surface area contributed by atoms with E-state index in [0.29, 0.717) is 5.57 Å². The first-order valence-corrected chi connectivity index (χ1v) is 4.24. The highest BCUT2D eigenvalue weighted by atomic mass is 16.4. The molecule has 1 rings (SSSR count). The summed E-state index contributed by atoms with van der Waals surface area (Å²) in [5.74, 6) is -0.898. The van der Waals surface area contributed by atoms with Crippen LogP contribution in [-0.4, -0.2) is 22.5 Å². The van der Waals surface area contributed by atoms with Crippen LogP contribution in [0.5, 0.6) is 0 Å². The van der Waals surface area contributed by atoms with Gasteiger partial charge in [0.15, 0.2) is 0 Å². The van der Waals surface area contributed by atoms with Crippen LogP contribution in [0.3, 0.4) is 0 Å². The van der Waals surface area contributed by atoms with Gasteiger partial charge in [0.1, 0.15) is 0 Å². The summed E-state index contributed by atoms with van der Waals surface area (Å²) in [6.45, 7) is 6.66. The molecule has 0 saturated carbocycles. The van der Waals surface area contributed by atoms with Crippen LogP contribution in [0, 0.1) is 0 Å². The number of aliphatic carboxylic acids is 1. The van der Waals surface area contributed by atoms with Gasteiger partial charge < -0.3 is 10.0 Å². The molecule has 0 saturated heterocycles. The summed E-state index contributed by atoms with van der Waals surface area (Å²) in [4.78, 5) is 12.5. The lowest BCUT2D eigenvalue weighted by atomic mass is 10.2. The van der Waals surface area contributed by atoms with Crippen molar-refractivity contribution in [2.75, 3.05) is 6.54 Å². The lowest BCUT2D eigenvalue weighted by Crippen LogP contribution is -2.20. The number of carbonyl (C=O) groups is 1. The van der Waals surface area contributed by atoms with E-state index in [2.05, 4.69) is 6.58 Å². The molecule has 70 valence electrons. The van der Waals surface area contributed by atoms with E-state index in [4.69, 9.17) is 5.11 Å². The summed E-state index contributed by atoms with van der Waals surface area (Å²) in [7, 11) is 0. The maximum absolute atomic E-state index is 10.6. The Hall–Kier alpha value is -1.51. The van der Waals surface area contributed by atoms with Crippen molar-refractivity contribution in [2.45, 2.75) is 13.3 Å². The normalized spacial score (nSPS) is 15.9. The standard InChI is InChI=1S/C10H13NO2/c1-3-6-11-7-9(10(12)13)5-4-8(11)2/h4-5,7H,2-3,6H2,1H3,(H,12,13). The fraction of sp³-hybridized carbons (Fsp3) is 0.300. The molecule has 1 aliphatic heterocycles. The average Bonchev–Trinajstić information content (AvgIpc) is 2.08. The molecule has 0 bridgehead atoms. The molecule has 1 heterocycles. The van der Waals surface area contributed by atoms with Gasteiger partial charge in [-0.25, -0.2) is 4.79 Å². The fourth-order valence-corrected chi connectivity index (χ4v) is 1.15. The highest BCUT2D eigenvalue weighted by Crippen LogP contribution is 2.15. The molecule has 0 unspecified atom stereocenters. The minimum Gasteiger partial charge on any atom is -0.478 e. The first-order valence-electron chi connectivity index (χ1n) is 4.24. The number of hydrogen-bond donors (Lipinski definition) is 1. The van der Waals surface area contributed by atoms with Gasteiger partial charge in [-0.3, -0.25) is 0 Å². The van der Waals surface area contributed by atoms with Gasteiger partial charge in [-0.1, -0.05) is 13.5 Å². The Morgan fingerprint density at radius 1 is 1.62 bits per heavy atom. The second kappa shape index (κ2) is 3.94. The summed E-state index contributed by atoms with van der Waals surface area (Å²) < 4.78 is 0. The molecule has 1 N–H and O–H groups in total. The van der Waals surface area contributed by atoms with E-state index in [0.717, 1.165) is 18.7 Å². The lowest BCUT2D eigenvalue weighted by molar-refractivity contribution is -0.132. The van der Waals surface area contributed by atoms with E-state index < -0.39 is 5.97 Å². The molecule has 0 radical (unpaired) electrons. The van der Waals surface area contributed by atoms with Crippen molar-refractivity contribution >= 4 is 5.97 Å². The molecule has 1 aliphatic rings. The molecule has 0 spiro atoms. The van der Waals surface area contributed by atoms with Gasteiger partial charge in [0.25, 0.3) is 0 Å². The largest absolute Gasteiger partial charge is 0.478 e. The molecule has 0 fully saturated rings. The monoisotopic (exact) mass is 179 g/mol. The zero-order valence-corrected chi connectivity index (χ0v) is 7.66. The third kappa shape index (κ3) is 2.21. The maximum Gasteiger partial charge on any atom is 0.337 e. The Labute approximate surface area is 77.7 Å². The number of carboxylic acids is 1. The zero-order chi connectivity index (χ0) is 9.84. The smallest absolute Gasteiger partial charge is 0.337 e. The predicted octanol–water partition coefficient (Wildman–Crippen LogP) is 1.75. The SMILES string of the molecule is C=C1C=CC(C(=O)O)=CN1CCC. The molecule has 3 nitrogen and oxygen atoms in total. The highest BCUT2D eigenvalue weighted by molar-refractivity contribution is 5.90. The van der Waals surface area contributed by atoms with Crippen LogP contribution in [-0.2, 0) is 4.79 Å². The van der Waals surface area contributed by atoms with Gasteiger partial charge in [0.2, 0.25) is 0 Å². The highest BCUT2D eigenvalue weighted by Gasteiger charge is 2.12. The summed E-state index contributed by atoms with van der Waals surface area (Å²) in [6.07, 6.45) is 5.88. The van der Waals surface area contributed by atoms with E-state index >= 15 is 0 Å². The topological polar surface area (TPSA) is 40.5 Å². The third-order valence-electron chi connectivity index (χ3n) is 1.83. The molecule has 0 aromatic carbocycles. The molecule has 0 atom stereocenters. The summed E-state index contributed by atoms with van der Waals surface area (Å²) >= 11 is 0. The lowest BCUT2D eigenvalue weighted by Gasteiger charge is -2.23. The first kappa shape index (κ1) is 9.58. The molecule has 13 heavy (non-hydrogen) atoms. The Morgan fingerprint density at radius 3 is 2.85 bits per heavy atom. The average molecular weight is 179 g/mol. The van der Waals surface area contributed by atoms with Crippen molar-refractivity contribution < 1.29 is 9.90 Å². The van der Waals surface area contributed by atoms with E-state index in [1.54, 1.807) is 18.4 Å². The Balaban J connectivity index is 2.80. The fourth-order valence-electron chi connectivity index (χ4n) is 1.15. The Bertz CT molecular complexity index is 289. The summed E-state index contributed by atoms with van der Waals surface area (Å²) in [6, 6.07) is 0. The van der Waals surface area contributed by atoms with Crippen molar-refractivity contribution in [3.05, 3.63) is 36.2 Å². The van der Waals surface area contributed by atoms with E-state index in [9.17, 15) is 4.79 Å². The third-order valence-corrected chi connectivity index (χ3v) is 1.83. The van der Waals surface area contributed by atoms with Crippen LogP contribution in [0.25, 0.3) is 0 Å². The molecule has 0 aliphatic carbocycles. The van der Waals surface area contributed by atoms with Gasteiger partial charge >= 0.3 is 5.97 Å². The minimum atomic E-state index is -0.898. The van der Waals surface area contributed by atoms with Crippen LogP contribution in [0.1, 0.15) is 13.3 Å². The number of allylic oxidation sites excluding steroid dienone is 1. The van der Waals surface area contributed by atoms with Crippen molar-refractivity contribution in [1.29, 1.82) is 0 Å². The number of carboxylic acid groups (broad SMARTS) is 1. The Morgan fingerprint density at radius 2 is 2.31 bits per heavy atom. The van der Waals surface area contributed by atoms with Crippen LogP contribution >= 0.6 is 0 Å². The molecule has 0 amide bonds. The van der Waals surface area contributed by atoms with Crippen LogP contribution in [0.2, 0.25) is 0 Å². The second-order valence-corrected chi connectivity index (χ2v) is 2.91. The van der Waals surface area contributed by atoms with E-state index in [1.807, 2.05) is 11.8 Å². The van der Waals surface area contributed by atoms with Crippen LogP contribution < -0.4 is 0 Å². The van der Waals surface area contributed by atoms with Crippen molar-refractivity contribution in [3.63, 3.8) is 0 Å². The zero-order valence-electron chi connectivity index (χ0n) is 7.66.